The van der Waals surface area contributed by atoms with Crippen molar-refractivity contribution in [3.05, 3.63) is 34.2 Å². The van der Waals surface area contributed by atoms with E-state index in [-0.39, 0.29) is 5.56 Å². The number of furan rings is 1. The quantitative estimate of drug-likeness (QED) is 0.870. The molecule has 0 fully saturated rings. The van der Waals surface area contributed by atoms with E-state index < -0.39 is 5.97 Å². The average Bonchev–Trinajstić information content (AvgIpc) is 2.92. The molecule has 2 aromatic heterocycles. The Morgan fingerprint density at radius 3 is 2.94 bits per heavy atom. The molecule has 2 rings (SSSR count). The van der Waals surface area contributed by atoms with Gasteiger partial charge in [-0.25, -0.2) is 9.78 Å². The topological polar surface area (TPSA) is 75.4 Å². The number of carboxylic acid groups (broad SMARTS) is 1. The Labute approximate surface area is 108 Å². The van der Waals surface area contributed by atoms with Crippen LogP contribution in [0.5, 0.6) is 0 Å². The van der Waals surface area contributed by atoms with Gasteiger partial charge in [-0.15, -0.1) is 11.3 Å². The maximum Gasteiger partial charge on any atom is 0.339 e. The van der Waals surface area contributed by atoms with Crippen LogP contribution < -0.4 is 5.32 Å². The van der Waals surface area contributed by atoms with Crippen molar-refractivity contribution in [3.8, 4) is 0 Å². The van der Waals surface area contributed by atoms with E-state index in [9.17, 15) is 4.79 Å². The molecular formula is C12H14N2O3S. The van der Waals surface area contributed by atoms with Gasteiger partial charge in [0.25, 0.3) is 0 Å². The van der Waals surface area contributed by atoms with E-state index >= 15 is 0 Å². The molecule has 0 bridgehead atoms. The van der Waals surface area contributed by atoms with E-state index in [0.29, 0.717) is 18.1 Å². The predicted molar refractivity (Wildman–Crippen MR) is 69.2 cm³/mol. The number of carbonyl (C=O) groups is 1. The third kappa shape index (κ3) is 2.70. The first-order valence-corrected chi connectivity index (χ1v) is 6.49. The monoisotopic (exact) mass is 266 g/mol. The molecule has 0 aromatic carbocycles. The molecule has 0 aliphatic rings. The molecule has 5 nitrogen and oxygen atoms in total. The molecule has 0 amide bonds. The zero-order chi connectivity index (χ0) is 13.1. The van der Waals surface area contributed by atoms with Crippen molar-refractivity contribution < 1.29 is 14.3 Å². The summed E-state index contributed by atoms with van der Waals surface area (Å²) in [5, 5.41) is 14.8. The fourth-order valence-corrected chi connectivity index (χ4v) is 2.35. The number of nitrogens with one attached hydrogen (secondary N) is 1. The SMILES string of the molecule is CCc1csc(NCc2cc(C(=O)O)c(C)o2)n1. The Kier molecular flexibility index (Phi) is 3.66. The van der Waals surface area contributed by atoms with Crippen molar-refractivity contribution >= 4 is 22.4 Å². The van der Waals surface area contributed by atoms with Crippen LogP contribution in [-0.2, 0) is 13.0 Å². The summed E-state index contributed by atoms with van der Waals surface area (Å²) < 4.78 is 5.36. The Bertz CT molecular complexity index is 559. The number of anilines is 1. The molecule has 0 spiro atoms. The van der Waals surface area contributed by atoms with Crippen molar-refractivity contribution in [1.29, 1.82) is 0 Å². The van der Waals surface area contributed by atoms with E-state index in [0.717, 1.165) is 17.2 Å². The lowest BCUT2D eigenvalue weighted by atomic mass is 10.2. The van der Waals surface area contributed by atoms with Gasteiger partial charge in [0.2, 0.25) is 0 Å². The molecule has 6 heteroatoms. The molecule has 0 unspecified atom stereocenters. The molecule has 2 N–H and O–H groups in total. The number of aromatic nitrogens is 1. The van der Waals surface area contributed by atoms with Crippen LogP contribution in [0.3, 0.4) is 0 Å². The molecule has 0 radical (unpaired) electrons. The van der Waals surface area contributed by atoms with Gasteiger partial charge in [-0.3, -0.25) is 0 Å². The summed E-state index contributed by atoms with van der Waals surface area (Å²) in [4.78, 5) is 15.2. The van der Waals surface area contributed by atoms with Gasteiger partial charge < -0.3 is 14.8 Å². The highest BCUT2D eigenvalue weighted by molar-refractivity contribution is 7.13. The van der Waals surface area contributed by atoms with Crippen molar-refractivity contribution in [2.75, 3.05) is 5.32 Å². The Morgan fingerprint density at radius 2 is 2.39 bits per heavy atom. The van der Waals surface area contributed by atoms with Crippen LogP contribution in [0, 0.1) is 6.92 Å². The second-order valence-corrected chi connectivity index (χ2v) is 4.70. The van der Waals surface area contributed by atoms with Gasteiger partial charge in [0, 0.05) is 5.38 Å². The first-order valence-electron chi connectivity index (χ1n) is 5.61. The fourth-order valence-electron chi connectivity index (χ4n) is 1.56. The summed E-state index contributed by atoms with van der Waals surface area (Å²) in [6.45, 7) is 4.13. The third-order valence-corrected chi connectivity index (χ3v) is 3.38. The Hall–Kier alpha value is -1.82. The second-order valence-electron chi connectivity index (χ2n) is 3.84. The number of rotatable bonds is 5. The highest BCUT2D eigenvalue weighted by Gasteiger charge is 2.13. The summed E-state index contributed by atoms with van der Waals surface area (Å²) in [6, 6.07) is 1.54. The Morgan fingerprint density at radius 1 is 1.61 bits per heavy atom. The van der Waals surface area contributed by atoms with E-state index in [1.807, 2.05) is 12.3 Å². The summed E-state index contributed by atoms with van der Waals surface area (Å²) in [5.41, 5.74) is 1.25. The number of aromatic carboxylic acids is 1. The molecule has 18 heavy (non-hydrogen) atoms. The first-order chi connectivity index (χ1) is 8.60. The zero-order valence-electron chi connectivity index (χ0n) is 10.2. The largest absolute Gasteiger partial charge is 0.478 e. The standard InChI is InChI=1S/C12H14N2O3S/c1-3-8-6-18-12(14-8)13-5-9-4-10(11(15)16)7(2)17-9/h4,6H,3,5H2,1-2H3,(H,13,14)(H,15,16). The van der Waals surface area contributed by atoms with Crippen LogP contribution in [0.25, 0.3) is 0 Å². The minimum Gasteiger partial charge on any atom is -0.478 e. The number of hydrogen-bond donors (Lipinski definition) is 2. The number of aryl methyl sites for hydroxylation is 2. The molecule has 2 heterocycles. The smallest absolute Gasteiger partial charge is 0.339 e. The van der Waals surface area contributed by atoms with Crippen molar-refractivity contribution in [3.63, 3.8) is 0 Å². The van der Waals surface area contributed by atoms with Gasteiger partial charge in [0.15, 0.2) is 5.13 Å². The maximum atomic E-state index is 10.9. The molecule has 0 saturated heterocycles. The van der Waals surface area contributed by atoms with Crippen LogP contribution in [0.15, 0.2) is 15.9 Å². The molecule has 0 aliphatic carbocycles. The second kappa shape index (κ2) is 5.22. The van der Waals surface area contributed by atoms with Crippen LogP contribution in [0.4, 0.5) is 5.13 Å². The minimum atomic E-state index is -0.968. The highest BCUT2D eigenvalue weighted by Crippen LogP contribution is 2.19. The lowest BCUT2D eigenvalue weighted by Crippen LogP contribution is -1.98. The molecule has 96 valence electrons. The summed E-state index contributed by atoms with van der Waals surface area (Å²) in [6.07, 6.45) is 0.904. The third-order valence-electron chi connectivity index (χ3n) is 2.53. The average molecular weight is 266 g/mol. The minimum absolute atomic E-state index is 0.209. The Balaban J connectivity index is 2.01. The number of hydrogen-bond acceptors (Lipinski definition) is 5. The lowest BCUT2D eigenvalue weighted by Gasteiger charge is -1.98. The number of nitrogens with zero attached hydrogens (tertiary/aromatic N) is 1. The van der Waals surface area contributed by atoms with Gasteiger partial charge in [0.05, 0.1) is 12.2 Å². The van der Waals surface area contributed by atoms with Crippen molar-refractivity contribution in [2.45, 2.75) is 26.8 Å². The van der Waals surface area contributed by atoms with Gasteiger partial charge >= 0.3 is 5.97 Å². The molecular weight excluding hydrogens is 252 g/mol. The zero-order valence-corrected chi connectivity index (χ0v) is 11.0. The van der Waals surface area contributed by atoms with Crippen LogP contribution in [0.1, 0.15) is 34.5 Å². The van der Waals surface area contributed by atoms with Gasteiger partial charge in [0.1, 0.15) is 17.1 Å². The van der Waals surface area contributed by atoms with Gasteiger partial charge in [-0.2, -0.15) is 0 Å². The number of carboxylic acids is 1. The fraction of sp³-hybridized carbons (Fsp3) is 0.333. The highest BCUT2D eigenvalue weighted by atomic mass is 32.1. The van der Waals surface area contributed by atoms with Crippen LogP contribution >= 0.6 is 11.3 Å². The maximum absolute atomic E-state index is 10.9. The molecule has 0 aliphatic heterocycles. The summed E-state index contributed by atoms with van der Waals surface area (Å²) >= 11 is 1.53. The first kappa shape index (κ1) is 12.6. The van der Waals surface area contributed by atoms with E-state index in [1.54, 1.807) is 13.0 Å². The summed E-state index contributed by atoms with van der Waals surface area (Å²) in [7, 11) is 0. The van der Waals surface area contributed by atoms with Crippen molar-refractivity contribution in [2.24, 2.45) is 0 Å². The predicted octanol–water partition coefficient (Wildman–Crippen LogP) is 2.92. The number of thiazole rings is 1. The van der Waals surface area contributed by atoms with Crippen LogP contribution in [-0.4, -0.2) is 16.1 Å². The summed E-state index contributed by atoms with van der Waals surface area (Å²) in [5.74, 6) is 0.0517. The van der Waals surface area contributed by atoms with E-state index in [4.69, 9.17) is 9.52 Å². The molecule has 0 atom stereocenters. The lowest BCUT2D eigenvalue weighted by molar-refractivity contribution is 0.0695. The van der Waals surface area contributed by atoms with Crippen molar-refractivity contribution in [1.82, 2.24) is 4.98 Å². The van der Waals surface area contributed by atoms with Gasteiger partial charge in [-0.05, 0) is 19.4 Å². The van der Waals surface area contributed by atoms with Gasteiger partial charge in [-0.1, -0.05) is 6.92 Å². The van der Waals surface area contributed by atoms with E-state index in [1.165, 1.54) is 11.3 Å². The molecule has 0 saturated carbocycles. The molecule has 2 aromatic rings. The normalized spacial score (nSPS) is 10.6. The van der Waals surface area contributed by atoms with E-state index in [2.05, 4.69) is 10.3 Å². The van der Waals surface area contributed by atoms with Crippen LogP contribution in [0.2, 0.25) is 0 Å².